The fourth-order valence-corrected chi connectivity index (χ4v) is 3.21. The molecule has 3 aromatic heterocycles. The van der Waals surface area contributed by atoms with E-state index in [0.717, 1.165) is 4.68 Å². The summed E-state index contributed by atoms with van der Waals surface area (Å²) in [5, 5.41) is 2.28. The fourth-order valence-electron chi connectivity index (χ4n) is 1.89. The summed E-state index contributed by atoms with van der Waals surface area (Å²) in [6.45, 7) is 1.64. The van der Waals surface area contributed by atoms with Crippen LogP contribution in [0, 0.1) is 6.92 Å². The van der Waals surface area contributed by atoms with Crippen LogP contribution < -0.4 is 11.0 Å². The molecule has 0 radical (unpaired) electrons. The largest absolute Gasteiger partial charge is 0.281 e. The van der Waals surface area contributed by atoms with Gasteiger partial charge in [-0.2, -0.15) is 0 Å². The molecule has 0 fully saturated rings. The quantitative estimate of drug-likeness (QED) is 0.672. The molecule has 0 aliphatic heterocycles. The molecule has 0 saturated heterocycles. The first-order valence-corrected chi connectivity index (χ1v) is 8.11. The van der Waals surface area contributed by atoms with Crippen molar-refractivity contribution in [1.82, 2.24) is 14.6 Å². The first-order chi connectivity index (χ1) is 10.5. The predicted molar refractivity (Wildman–Crippen MR) is 89.3 cm³/mol. The van der Waals surface area contributed by atoms with Crippen LogP contribution in [0.1, 0.15) is 16.2 Å². The van der Waals surface area contributed by atoms with Gasteiger partial charge < -0.3 is 0 Å². The van der Waals surface area contributed by atoms with Gasteiger partial charge in [0, 0.05) is 10.7 Å². The van der Waals surface area contributed by atoms with Crippen molar-refractivity contribution in [3.05, 3.63) is 55.1 Å². The molecule has 0 spiro atoms. The summed E-state index contributed by atoms with van der Waals surface area (Å²) in [6, 6.07) is 3.20. The van der Waals surface area contributed by atoms with Crippen molar-refractivity contribution < 1.29 is 4.79 Å². The van der Waals surface area contributed by atoms with E-state index in [-0.39, 0.29) is 16.3 Å². The normalized spacial score (nSPS) is 10.9. The van der Waals surface area contributed by atoms with Crippen molar-refractivity contribution in [1.29, 1.82) is 0 Å². The topological polar surface area (TPSA) is 76.9 Å². The van der Waals surface area contributed by atoms with Gasteiger partial charge in [-0.15, -0.1) is 11.3 Å². The summed E-state index contributed by atoms with van der Waals surface area (Å²) in [6.07, 6.45) is 1.48. The lowest BCUT2D eigenvalue weighted by Gasteiger charge is -2.11. The SMILES string of the molecule is Cc1nc2sccc2c(=O)n1NC(=O)c1cc(Br)cnc1Cl. The van der Waals surface area contributed by atoms with Gasteiger partial charge in [-0.05, 0) is 40.4 Å². The number of hydrogen-bond donors (Lipinski definition) is 1. The first-order valence-electron chi connectivity index (χ1n) is 6.06. The average Bonchev–Trinajstić information content (AvgIpc) is 2.94. The van der Waals surface area contributed by atoms with E-state index in [9.17, 15) is 9.59 Å². The molecule has 0 aliphatic carbocycles. The van der Waals surface area contributed by atoms with E-state index in [0.29, 0.717) is 20.5 Å². The molecule has 3 heterocycles. The van der Waals surface area contributed by atoms with Crippen LogP contribution in [0.15, 0.2) is 33.0 Å². The molecule has 0 unspecified atom stereocenters. The molecule has 6 nitrogen and oxygen atoms in total. The van der Waals surface area contributed by atoms with E-state index < -0.39 is 5.91 Å². The zero-order chi connectivity index (χ0) is 15.9. The molecule has 0 atom stereocenters. The van der Waals surface area contributed by atoms with Crippen LogP contribution >= 0.6 is 38.9 Å². The molecule has 1 N–H and O–H groups in total. The lowest BCUT2D eigenvalue weighted by atomic mass is 10.3. The minimum absolute atomic E-state index is 0.0518. The number of halogens is 2. The Bertz CT molecular complexity index is 953. The molecule has 0 bridgehead atoms. The van der Waals surface area contributed by atoms with Crippen LogP contribution in [-0.4, -0.2) is 20.6 Å². The highest BCUT2D eigenvalue weighted by molar-refractivity contribution is 9.10. The molecular weight excluding hydrogens is 392 g/mol. The zero-order valence-corrected chi connectivity index (χ0v) is 14.3. The number of pyridine rings is 1. The number of nitrogens with one attached hydrogen (secondary N) is 1. The van der Waals surface area contributed by atoms with E-state index in [2.05, 4.69) is 31.3 Å². The fraction of sp³-hybridized carbons (Fsp3) is 0.0769. The number of carbonyl (C=O) groups excluding carboxylic acids is 1. The second-order valence-electron chi connectivity index (χ2n) is 4.37. The van der Waals surface area contributed by atoms with Gasteiger partial charge >= 0.3 is 0 Å². The Hall–Kier alpha value is -1.77. The summed E-state index contributed by atoms with van der Waals surface area (Å²) >= 11 is 10.5. The minimum Gasteiger partial charge on any atom is -0.267 e. The van der Waals surface area contributed by atoms with E-state index in [1.807, 2.05) is 0 Å². The van der Waals surface area contributed by atoms with Gasteiger partial charge in [-0.3, -0.25) is 15.0 Å². The van der Waals surface area contributed by atoms with Crippen molar-refractivity contribution in [2.45, 2.75) is 6.92 Å². The maximum Gasteiger partial charge on any atom is 0.281 e. The predicted octanol–water partition coefficient (Wildman–Crippen LogP) is 2.96. The number of aromatic nitrogens is 3. The van der Waals surface area contributed by atoms with Gasteiger partial charge in [-0.1, -0.05) is 11.6 Å². The highest BCUT2D eigenvalue weighted by Crippen LogP contribution is 2.18. The third-order valence-corrected chi connectivity index (χ3v) is 4.47. The Balaban J connectivity index is 2.04. The Labute approximate surface area is 141 Å². The second kappa shape index (κ2) is 5.79. The Morgan fingerprint density at radius 2 is 2.27 bits per heavy atom. The molecule has 3 aromatic rings. The Morgan fingerprint density at radius 3 is 3.05 bits per heavy atom. The standard InChI is InChI=1S/C13H8BrClN4O2S/c1-6-17-12-8(2-3-22-12)13(21)19(6)18-11(20)9-4-7(14)5-16-10(9)15/h2-5H,1H3,(H,18,20). The lowest BCUT2D eigenvalue weighted by molar-refractivity contribution is 0.101. The van der Waals surface area contributed by atoms with E-state index in [1.165, 1.54) is 23.6 Å². The first kappa shape index (κ1) is 15.1. The van der Waals surface area contributed by atoms with Crippen molar-refractivity contribution >= 4 is 55.0 Å². The van der Waals surface area contributed by atoms with Crippen LogP contribution in [0.4, 0.5) is 0 Å². The molecule has 0 aliphatic rings. The molecule has 22 heavy (non-hydrogen) atoms. The van der Waals surface area contributed by atoms with Gasteiger partial charge in [0.25, 0.3) is 11.5 Å². The molecule has 112 valence electrons. The Morgan fingerprint density at radius 1 is 1.50 bits per heavy atom. The van der Waals surface area contributed by atoms with E-state index in [1.54, 1.807) is 18.4 Å². The molecule has 9 heteroatoms. The third kappa shape index (κ3) is 2.65. The van der Waals surface area contributed by atoms with Crippen molar-refractivity contribution in [2.24, 2.45) is 0 Å². The van der Waals surface area contributed by atoms with Gasteiger partial charge in [0.15, 0.2) is 0 Å². The monoisotopic (exact) mass is 398 g/mol. The maximum atomic E-state index is 12.4. The van der Waals surface area contributed by atoms with E-state index >= 15 is 0 Å². The summed E-state index contributed by atoms with van der Waals surface area (Å²) < 4.78 is 1.71. The highest BCUT2D eigenvalue weighted by Gasteiger charge is 2.16. The Kier molecular flexibility index (Phi) is 3.98. The molecule has 0 saturated carbocycles. The van der Waals surface area contributed by atoms with Crippen molar-refractivity contribution in [2.75, 3.05) is 5.43 Å². The van der Waals surface area contributed by atoms with Crippen molar-refractivity contribution in [3.8, 4) is 0 Å². The number of fused-ring (bicyclic) bond motifs is 1. The number of carbonyl (C=O) groups is 1. The molecule has 0 aromatic carbocycles. The summed E-state index contributed by atoms with van der Waals surface area (Å²) in [5.41, 5.74) is 2.33. The highest BCUT2D eigenvalue weighted by atomic mass is 79.9. The van der Waals surface area contributed by atoms with Gasteiger partial charge in [0.1, 0.15) is 15.8 Å². The maximum absolute atomic E-state index is 12.4. The van der Waals surface area contributed by atoms with Crippen molar-refractivity contribution in [3.63, 3.8) is 0 Å². The number of nitrogens with zero attached hydrogens (tertiary/aromatic N) is 3. The summed E-state index contributed by atoms with van der Waals surface area (Å²) in [5.74, 6) is -0.159. The zero-order valence-electron chi connectivity index (χ0n) is 11.1. The minimum atomic E-state index is -0.541. The van der Waals surface area contributed by atoms with Crippen LogP contribution in [0.5, 0.6) is 0 Å². The van der Waals surface area contributed by atoms with E-state index in [4.69, 9.17) is 11.6 Å². The summed E-state index contributed by atoms with van der Waals surface area (Å²) in [4.78, 5) is 33.5. The number of rotatable bonds is 2. The van der Waals surface area contributed by atoms with Crippen LogP contribution in [0.2, 0.25) is 5.15 Å². The number of amides is 1. The van der Waals surface area contributed by atoms with Crippen LogP contribution in [-0.2, 0) is 0 Å². The molecule has 3 rings (SSSR count). The number of aryl methyl sites for hydroxylation is 1. The summed E-state index contributed by atoms with van der Waals surface area (Å²) in [7, 11) is 0. The second-order valence-corrected chi connectivity index (χ2v) is 6.54. The van der Waals surface area contributed by atoms with Crippen LogP contribution in [0.3, 0.4) is 0 Å². The lowest BCUT2D eigenvalue weighted by Crippen LogP contribution is -2.35. The van der Waals surface area contributed by atoms with Gasteiger partial charge in [-0.25, -0.2) is 14.6 Å². The van der Waals surface area contributed by atoms with Gasteiger partial charge in [0.05, 0.1) is 10.9 Å². The number of hydrogen-bond acceptors (Lipinski definition) is 5. The number of thiophene rings is 1. The van der Waals surface area contributed by atoms with Gasteiger partial charge in [0.2, 0.25) is 0 Å². The van der Waals surface area contributed by atoms with Crippen LogP contribution in [0.25, 0.3) is 10.2 Å². The molecule has 1 amide bonds. The smallest absolute Gasteiger partial charge is 0.267 e. The third-order valence-electron chi connectivity index (χ3n) is 2.93. The molecular formula is C13H8BrClN4O2S. The average molecular weight is 400 g/mol.